The van der Waals surface area contributed by atoms with Crippen molar-refractivity contribution in [1.29, 1.82) is 0 Å². The molecule has 1 fully saturated rings. The molecule has 4 heteroatoms. The van der Waals surface area contributed by atoms with Gasteiger partial charge in [-0.1, -0.05) is 25.0 Å². The fraction of sp³-hybridized carbons (Fsp3) is 0.412. The third-order valence-electron chi connectivity index (χ3n) is 4.07. The van der Waals surface area contributed by atoms with E-state index >= 15 is 0 Å². The summed E-state index contributed by atoms with van der Waals surface area (Å²) in [5, 5.41) is 2.08. The van der Waals surface area contributed by atoms with Crippen LogP contribution in [0.5, 0.6) is 0 Å². The fourth-order valence-electron chi connectivity index (χ4n) is 2.99. The van der Waals surface area contributed by atoms with Crippen LogP contribution in [0.15, 0.2) is 42.0 Å². The van der Waals surface area contributed by atoms with Gasteiger partial charge in [0.15, 0.2) is 0 Å². The first-order valence-electron chi connectivity index (χ1n) is 7.53. The number of aromatic nitrogens is 1. The summed E-state index contributed by atoms with van der Waals surface area (Å²) in [6.45, 7) is 0.751. The van der Waals surface area contributed by atoms with Gasteiger partial charge in [-0.25, -0.2) is 0 Å². The Morgan fingerprint density at radius 1 is 1.29 bits per heavy atom. The first-order chi connectivity index (χ1) is 10.3. The number of carbonyl (C=O) groups excluding carboxylic acids is 1. The minimum absolute atomic E-state index is 0.225. The molecule has 1 amide bonds. The Morgan fingerprint density at radius 3 is 2.81 bits per heavy atom. The van der Waals surface area contributed by atoms with E-state index in [1.54, 1.807) is 23.7 Å². The van der Waals surface area contributed by atoms with E-state index in [0.29, 0.717) is 12.5 Å². The number of thiophene rings is 1. The zero-order valence-corrected chi connectivity index (χ0v) is 12.9. The molecule has 3 rings (SSSR count). The third kappa shape index (κ3) is 3.70. The van der Waals surface area contributed by atoms with Crippen molar-refractivity contribution in [3.63, 3.8) is 0 Å². The van der Waals surface area contributed by atoms with Crippen molar-refractivity contribution in [3.8, 4) is 0 Å². The zero-order chi connectivity index (χ0) is 14.5. The van der Waals surface area contributed by atoms with Gasteiger partial charge in [0.05, 0.1) is 13.0 Å². The minimum atomic E-state index is 0.225. The predicted molar refractivity (Wildman–Crippen MR) is 85.1 cm³/mol. The van der Waals surface area contributed by atoms with Crippen molar-refractivity contribution in [2.24, 2.45) is 0 Å². The lowest BCUT2D eigenvalue weighted by Gasteiger charge is -2.28. The van der Waals surface area contributed by atoms with E-state index in [4.69, 9.17) is 0 Å². The topological polar surface area (TPSA) is 33.2 Å². The summed E-state index contributed by atoms with van der Waals surface area (Å²) in [7, 11) is 0. The molecule has 0 saturated heterocycles. The predicted octanol–water partition coefficient (Wildman–Crippen LogP) is 3.66. The van der Waals surface area contributed by atoms with E-state index in [0.717, 1.165) is 24.9 Å². The summed E-state index contributed by atoms with van der Waals surface area (Å²) < 4.78 is 0. The normalized spacial score (nSPS) is 15.2. The summed E-state index contributed by atoms with van der Waals surface area (Å²) in [6, 6.07) is 8.45. The molecule has 1 aliphatic carbocycles. The Balaban J connectivity index is 1.72. The Bertz CT molecular complexity index is 562. The van der Waals surface area contributed by atoms with Crippen molar-refractivity contribution in [1.82, 2.24) is 9.88 Å². The summed E-state index contributed by atoms with van der Waals surface area (Å²) in [5.74, 6) is 0.225. The monoisotopic (exact) mass is 300 g/mol. The number of carbonyl (C=O) groups is 1. The van der Waals surface area contributed by atoms with Gasteiger partial charge in [-0.3, -0.25) is 9.78 Å². The van der Waals surface area contributed by atoms with Crippen molar-refractivity contribution >= 4 is 17.2 Å². The van der Waals surface area contributed by atoms with Gasteiger partial charge in [-0.15, -0.1) is 11.3 Å². The van der Waals surface area contributed by atoms with E-state index in [-0.39, 0.29) is 5.91 Å². The molecule has 1 aliphatic rings. The number of amides is 1. The van der Waals surface area contributed by atoms with Gasteiger partial charge in [0.2, 0.25) is 5.91 Å². The minimum Gasteiger partial charge on any atom is -0.334 e. The molecule has 0 bridgehead atoms. The Kier molecular flexibility index (Phi) is 4.65. The van der Waals surface area contributed by atoms with Gasteiger partial charge < -0.3 is 4.90 Å². The molecule has 2 aromatic heterocycles. The molecule has 0 unspecified atom stereocenters. The van der Waals surface area contributed by atoms with Crippen molar-refractivity contribution < 1.29 is 4.79 Å². The van der Waals surface area contributed by atoms with E-state index in [1.807, 2.05) is 12.1 Å². The van der Waals surface area contributed by atoms with Gasteiger partial charge >= 0.3 is 0 Å². The van der Waals surface area contributed by atoms with E-state index in [2.05, 4.69) is 27.4 Å². The highest BCUT2D eigenvalue weighted by Crippen LogP contribution is 2.26. The molecule has 0 radical (unpaired) electrons. The maximum Gasteiger partial charge on any atom is 0.227 e. The summed E-state index contributed by atoms with van der Waals surface area (Å²) in [5.41, 5.74) is 0.997. The Labute approximate surface area is 129 Å². The molecule has 0 aromatic carbocycles. The van der Waals surface area contributed by atoms with Crippen LogP contribution in [-0.4, -0.2) is 21.8 Å². The van der Waals surface area contributed by atoms with Crippen LogP contribution >= 0.6 is 11.3 Å². The number of nitrogens with zero attached hydrogens (tertiary/aromatic N) is 2. The van der Waals surface area contributed by atoms with Crippen LogP contribution in [0.3, 0.4) is 0 Å². The highest BCUT2D eigenvalue weighted by atomic mass is 32.1. The average Bonchev–Trinajstić information content (AvgIpc) is 3.19. The maximum atomic E-state index is 12.7. The van der Waals surface area contributed by atoms with Crippen LogP contribution in [-0.2, 0) is 17.8 Å². The van der Waals surface area contributed by atoms with Crippen molar-refractivity contribution in [2.45, 2.75) is 44.7 Å². The molecule has 1 saturated carbocycles. The van der Waals surface area contributed by atoms with Crippen molar-refractivity contribution in [2.75, 3.05) is 0 Å². The number of pyridine rings is 1. The summed E-state index contributed by atoms with van der Waals surface area (Å²) in [6.07, 6.45) is 8.76. The van der Waals surface area contributed by atoms with E-state index < -0.39 is 0 Å². The molecule has 110 valence electrons. The highest BCUT2D eigenvalue weighted by molar-refractivity contribution is 7.09. The van der Waals surface area contributed by atoms with Gasteiger partial charge in [-0.2, -0.15) is 0 Å². The largest absolute Gasteiger partial charge is 0.334 e. The van der Waals surface area contributed by atoms with Crippen molar-refractivity contribution in [3.05, 3.63) is 52.5 Å². The molecule has 2 heterocycles. The molecule has 0 atom stereocenters. The van der Waals surface area contributed by atoms with Gasteiger partial charge in [0, 0.05) is 23.3 Å². The lowest BCUT2D eigenvalue weighted by molar-refractivity contribution is -0.133. The second kappa shape index (κ2) is 6.85. The number of rotatable bonds is 5. The number of hydrogen-bond acceptors (Lipinski definition) is 3. The van der Waals surface area contributed by atoms with Crippen LogP contribution in [0, 0.1) is 0 Å². The highest BCUT2D eigenvalue weighted by Gasteiger charge is 2.26. The lowest BCUT2D eigenvalue weighted by atomic mass is 10.1. The maximum absolute atomic E-state index is 12.7. The quantitative estimate of drug-likeness (QED) is 0.844. The molecular formula is C17H20N2OS. The molecular weight excluding hydrogens is 280 g/mol. The summed E-state index contributed by atoms with van der Waals surface area (Å²) >= 11 is 1.73. The smallest absolute Gasteiger partial charge is 0.227 e. The van der Waals surface area contributed by atoms with Crippen LogP contribution in [0.1, 0.15) is 36.1 Å². The SMILES string of the molecule is O=C(Cc1cccnc1)N(Cc1cccs1)C1CCCC1. The third-order valence-corrected chi connectivity index (χ3v) is 4.93. The zero-order valence-electron chi connectivity index (χ0n) is 12.1. The summed E-state index contributed by atoms with van der Waals surface area (Å²) in [4.78, 5) is 20.2. The fourth-order valence-corrected chi connectivity index (χ4v) is 3.69. The van der Waals surface area contributed by atoms with Gasteiger partial charge in [-0.05, 0) is 35.9 Å². The molecule has 21 heavy (non-hydrogen) atoms. The second-order valence-electron chi connectivity index (χ2n) is 5.58. The first kappa shape index (κ1) is 14.3. The Hall–Kier alpha value is -1.68. The van der Waals surface area contributed by atoms with Gasteiger partial charge in [0.1, 0.15) is 0 Å². The second-order valence-corrected chi connectivity index (χ2v) is 6.61. The standard InChI is InChI=1S/C17H20N2OS/c20-17(11-14-5-3-9-18-12-14)19(15-6-1-2-7-15)13-16-8-4-10-21-16/h3-5,8-10,12,15H,1-2,6-7,11,13H2. The van der Waals surface area contributed by atoms with Crippen LogP contribution in [0.25, 0.3) is 0 Å². The molecule has 0 aliphatic heterocycles. The van der Waals surface area contributed by atoms with E-state index in [1.165, 1.54) is 17.7 Å². The lowest BCUT2D eigenvalue weighted by Crippen LogP contribution is -2.39. The molecule has 2 aromatic rings. The average molecular weight is 300 g/mol. The molecule has 3 nitrogen and oxygen atoms in total. The van der Waals surface area contributed by atoms with Crippen LogP contribution in [0.4, 0.5) is 0 Å². The van der Waals surface area contributed by atoms with Crippen LogP contribution < -0.4 is 0 Å². The number of hydrogen-bond donors (Lipinski definition) is 0. The van der Waals surface area contributed by atoms with Gasteiger partial charge in [0.25, 0.3) is 0 Å². The molecule has 0 N–H and O–H groups in total. The molecule has 0 spiro atoms. The van der Waals surface area contributed by atoms with Crippen LogP contribution in [0.2, 0.25) is 0 Å². The first-order valence-corrected chi connectivity index (χ1v) is 8.41. The van der Waals surface area contributed by atoms with E-state index in [9.17, 15) is 4.79 Å². The Morgan fingerprint density at radius 2 is 2.14 bits per heavy atom.